The van der Waals surface area contributed by atoms with Gasteiger partial charge in [-0.25, -0.2) is 0 Å². The molecule has 0 radical (unpaired) electrons. The molecule has 0 aromatic heterocycles. The van der Waals surface area contributed by atoms with Crippen molar-refractivity contribution in [2.75, 3.05) is 6.61 Å². The molecule has 2 heterocycles. The zero-order chi connectivity index (χ0) is 19.1. The molecule has 0 N–H and O–H groups in total. The summed E-state index contributed by atoms with van der Waals surface area (Å²) in [7, 11) is -1.92. The Morgan fingerprint density at radius 1 is 1.27 bits per heavy atom. The van der Waals surface area contributed by atoms with Gasteiger partial charge in [-0.1, -0.05) is 51.1 Å². The van der Waals surface area contributed by atoms with E-state index in [1.807, 2.05) is 30.3 Å². The Kier molecular flexibility index (Phi) is 5.32. The molecule has 0 amide bonds. The molecule has 0 spiro atoms. The normalized spacial score (nSPS) is 28.1. The quantitative estimate of drug-likeness (QED) is 0.578. The third-order valence-electron chi connectivity index (χ3n) is 5.99. The number of fused-ring (bicyclic) bond motifs is 1. The van der Waals surface area contributed by atoms with Gasteiger partial charge in [0, 0.05) is 0 Å². The third kappa shape index (κ3) is 3.74. The molecule has 1 aromatic carbocycles. The smallest absolute Gasteiger partial charge is 0.326 e. The lowest BCUT2D eigenvalue weighted by Crippen LogP contribution is -2.47. The number of carbonyl (C=O) groups excluding carboxylic acids is 1. The SMILES string of the molecule is C[C@H](O[Si](C)(C)C(C)(C)C)[C@H]1ON(Cc2ccccc2)[C@H]2C(=O)OC[C@@H]12. The van der Waals surface area contributed by atoms with Crippen LogP contribution in [0.2, 0.25) is 18.1 Å². The average Bonchev–Trinajstić information content (AvgIpc) is 3.09. The van der Waals surface area contributed by atoms with E-state index in [2.05, 4.69) is 40.8 Å². The Balaban J connectivity index is 1.75. The van der Waals surface area contributed by atoms with E-state index in [4.69, 9.17) is 14.0 Å². The highest BCUT2D eigenvalue weighted by Gasteiger charge is 2.55. The molecule has 1 aromatic rings. The Labute approximate surface area is 157 Å². The molecule has 2 saturated heterocycles. The van der Waals surface area contributed by atoms with Crippen LogP contribution in [0.1, 0.15) is 33.3 Å². The second-order valence-corrected chi connectivity index (χ2v) is 13.7. The number of rotatable bonds is 5. The van der Waals surface area contributed by atoms with Crippen molar-refractivity contribution in [1.82, 2.24) is 5.06 Å². The van der Waals surface area contributed by atoms with Gasteiger partial charge in [0.05, 0.1) is 25.2 Å². The van der Waals surface area contributed by atoms with Crippen LogP contribution in [0.4, 0.5) is 0 Å². The fraction of sp³-hybridized carbons (Fsp3) is 0.650. The highest BCUT2D eigenvalue weighted by atomic mass is 28.4. The first-order chi connectivity index (χ1) is 12.1. The van der Waals surface area contributed by atoms with Crippen LogP contribution in [0.3, 0.4) is 0 Å². The molecule has 5 nitrogen and oxygen atoms in total. The largest absolute Gasteiger partial charge is 0.464 e. The van der Waals surface area contributed by atoms with Crippen molar-refractivity contribution in [3.8, 4) is 0 Å². The minimum Gasteiger partial charge on any atom is -0.464 e. The van der Waals surface area contributed by atoms with Crippen molar-refractivity contribution in [1.29, 1.82) is 0 Å². The minimum absolute atomic E-state index is 0.0194. The predicted octanol–water partition coefficient (Wildman–Crippen LogP) is 3.75. The number of ether oxygens (including phenoxy) is 1. The van der Waals surface area contributed by atoms with E-state index in [9.17, 15) is 4.79 Å². The molecule has 0 bridgehead atoms. The van der Waals surface area contributed by atoms with Gasteiger partial charge in [0.1, 0.15) is 12.1 Å². The highest BCUT2D eigenvalue weighted by Crippen LogP contribution is 2.41. The van der Waals surface area contributed by atoms with Gasteiger partial charge < -0.3 is 9.16 Å². The van der Waals surface area contributed by atoms with Crippen LogP contribution < -0.4 is 0 Å². The van der Waals surface area contributed by atoms with E-state index in [0.29, 0.717) is 13.2 Å². The third-order valence-corrected chi connectivity index (χ3v) is 10.6. The number of esters is 1. The molecule has 0 aliphatic carbocycles. The maximum Gasteiger partial charge on any atom is 0.326 e. The number of nitrogens with zero attached hydrogens (tertiary/aromatic N) is 1. The first kappa shape index (κ1) is 19.5. The number of hydroxylamine groups is 2. The van der Waals surface area contributed by atoms with Crippen molar-refractivity contribution in [2.24, 2.45) is 5.92 Å². The minimum atomic E-state index is -1.92. The van der Waals surface area contributed by atoms with Gasteiger partial charge in [-0.3, -0.25) is 9.63 Å². The van der Waals surface area contributed by atoms with E-state index in [-0.39, 0.29) is 35.2 Å². The summed E-state index contributed by atoms with van der Waals surface area (Å²) in [5.41, 5.74) is 1.12. The number of benzene rings is 1. The molecule has 6 heteroatoms. The Morgan fingerprint density at radius 2 is 1.92 bits per heavy atom. The Hall–Kier alpha value is -1.21. The average molecular weight is 378 g/mol. The lowest BCUT2D eigenvalue weighted by Gasteiger charge is -2.40. The van der Waals surface area contributed by atoms with E-state index in [1.54, 1.807) is 5.06 Å². The van der Waals surface area contributed by atoms with Crippen molar-refractivity contribution in [3.05, 3.63) is 35.9 Å². The summed E-state index contributed by atoms with van der Waals surface area (Å²) in [6.45, 7) is 14.2. The summed E-state index contributed by atoms with van der Waals surface area (Å²) < 4.78 is 11.9. The molecule has 2 aliphatic rings. The molecule has 0 saturated carbocycles. The monoisotopic (exact) mass is 377 g/mol. The van der Waals surface area contributed by atoms with E-state index >= 15 is 0 Å². The molecule has 4 atom stereocenters. The number of hydrogen-bond donors (Lipinski definition) is 0. The van der Waals surface area contributed by atoms with Crippen LogP contribution in [0.25, 0.3) is 0 Å². The van der Waals surface area contributed by atoms with Crippen molar-refractivity contribution < 1.29 is 18.8 Å². The molecule has 0 unspecified atom stereocenters. The van der Waals surface area contributed by atoms with Gasteiger partial charge in [-0.2, -0.15) is 5.06 Å². The van der Waals surface area contributed by atoms with Crippen LogP contribution in [-0.4, -0.2) is 44.2 Å². The van der Waals surface area contributed by atoms with Crippen LogP contribution in [0.15, 0.2) is 30.3 Å². The Morgan fingerprint density at radius 3 is 2.54 bits per heavy atom. The lowest BCUT2D eigenvalue weighted by atomic mass is 9.95. The maximum atomic E-state index is 12.3. The lowest BCUT2D eigenvalue weighted by molar-refractivity contribution is -0.200. The van der Waals surface area contributed by atoms with Crippen LogP contribution in [0.5, 0.6) is 0 Å². The van der Waals surface area contributed by atoms with Gasteiger partial charge in [0.15, 0.2) is 8.32 Å². The summed E-state index contributed by atoms with van der Waals surface area (Å²) in [6, 6.07) is 9.72. The van der Waals surface area contributed by atoms with Crippen molar-refractivity contribution in [3.63, 3.8) is 0 Å². The summed E-state index contributed by atoms with van der Waals surface area (Å²) in [5.74, 6) is -0.168. The van der Waals surface area contributed by atoms with Crippen molar-refractivity contribution >= 4 is 14.3 Å². The van der Waals surface area contributed by atoms with Gasteiger partial charge in [-0.15, -0.1) is 0 Å². The molecule has 3 rings (SSSR count). The number of carbonyl (C=O) groups is 1. The maximum absolute atomic E-state index is 12.3. The summed E-state index contributed by atoms with van der Waals surface area (Å²) in [5, 5.41) is 1.93. The molecular formula is C20H31NO4Si. The fourth-order valence-corrected chi connectivity index (χ4v) is 4.89. The van der Waals surface area contributed by atoms with Crippen LogP contribution >= 0.6 is 0 Å². The zero-order valence-corrected chi connectivity index (χ0v) is 17.7. The standard InChI is InChI=1S/C20H31NO4Si/c1-14(25-26(5,6)20(2,3)4)18-16-13-23-19(22)17(16)21(24-18)12-15-10-8-7-9-11-15/h7-11,14,16-18H,12-13H2,1-6H3/t14-,16+,17+,18+/m0/s1. The Bertz CT molecular complexity index is 643. The van der Waals surface area contributed by atoms with E-state index < -0.39 is 8.32 Å². The molecular weight excluding hydrogens is 346 g/mol. The highest BCUT2D eigenvalue weighted by molar-refractivity contribution is 6.74. The van der Waals surface area contributed by atoms with Crippen molar-refractivity contribution in [2.45, 2.75) is 70.6 Å². The van der Waals surface area contributed by atoms with E-state index in [1.165, 1.54) is 0 Å². The number of hydrogen-bond acceptors (Lipinski definition) is 5. The summed E-state index contributed by atoms with van der Waals surface area (Å²) in [6.07, 6.45) is -0.247. The first-order valence-electron chi connectivity index (χ1n) is 9.42. The van der Waals surface area contributed by atoms with E-state index in [0.717, 1.165) is 5.56 Å². The summed E-state index contributed by atoms with van der Waals surface area (Å²) >= 11 is 0. The second kappa shape index (κ2) is 7.07. The predicted molar refractivity (Wildman–Crippen MR) is 103 cm³/mol. The van der Waals surface area contributed by atoms with Gasteiger partial charge >= 0.3 is 5.97 Å². The number of cyclic esters (lactones) is 1. The van der Waals surface area contributed by atoms with Gasteiger partial charge in [0.2, 0.25) is 0 Å². The van der Waals surface area contributed by atoms with Gasteiger partial charge in [0.25, 0.3) is 0 Å². The van der Waals surface area contributed by atoms with Crippen LogP contribution in [0, 0.1) is 5.92 Å². The zero-order valence-electron chi connectivity index (χ0n) is 16.7. The first-order valence-corrected chi connectivity index (χ1v) is 12.3. The fourth-order valence-electron chi connectivity index (χ4n) is 3.48. The van der Waals surface area contributed by atoms with Crippen LogP contribution in [-0.2, 0) is 25.3 Å². The molecule has 2 fully saturated rings. The van der Waals surface area contributed by atoms with Gasteiger partial charge in [-0.05, 0) is 30.6 Å². The topological polar surface area (TPSA) is 48.0 Å². The molecule has 2 aliphatic heterocycles. The molecule has 26 heavy (non-hydrogen) atoms. The molecule has 144 valence electrons. The second-order valence-electron chi connectivity index (χ2n) is 8.95. The summed E-state index contributed by atoms with van der Waals surface area (Å²) in [4.78, 5) is 18.5.